The Bertz CT molecular complexity index is 685. The van der Waals surface area contributed by atoms with Crippen molar-refractivity contribution in [3.05, 3.63) is 28.8 Å². The summed E-state index contributed by atoms with van der Waals surface area (Å²) in [4.78, 5) is 22.1. The molecular formula is C14H15N3O4S. The van der Waals surface area contributed by atoms with Gasteiger partial charge in [-0.15, -0.1) is 5.10 Å². The number of rotatable bonds is 4. The van der Waals surface area contributed by atoms with Crippen LogP contribution in [0.4, 0.5) is 0 Å². The maximum atomic E-state index is 11.5. The molecule has 116 valence electrons. The summed E-state index contributed by atoms with van der Waals surface area (Å²) < 4.78 is 0. The number of carboxylic acids is 1. The van der Waals surface area contributed by atoms with Crippen LogP contribution in [-0.2, 0) is 9.59 Å². The Morgan fingerprint density at radius 3 is 2.77 bits per heavy atom. The third-order valence-electron chi connectivity index (χ3n) is 3.12. The van der Waals surface area contributed by atoms with Gasteiger partial charge in [-0.1, -0.05) is 11.8 Å². The molecule has 1 atom stereocenters. The predicted molar refractivity (Wildman–Crippen MR) is 84.4 cm³/mol. The minimum Gasteiger partial charge on any atom is -0.507 e. The Labute approximate surface area is 131 Å². The number of aliphatic carboxylic acids is 1. The highest BCUT2D eigenvalue weighted by Gasteiger charge is 2.32. The van der Waals surface area contributed by atoms with Crippen LogP contribution in [0, 0.1) is 13.8 Å². The van der Waals surface area contributed by atoms with Gasteiger partial charge in [0.1, 0.15) is 11.0 Å². The fraction of sp³-hybridized carbons (Fsp3) is 0.286. The molecule has 0 saturated carbocycles. The molecule has 0 spiro atoms. The van der Waals surface area contributed by atoms with Crippen molar-refractivity contribution in [1.82, 2.24) is 5.32 Å². The summed E-state index contributed by atoms with van der Waals surface area (Å²) in [6.07, 6.45) is 1.11. The quantitative estimate of drug-likeness (QED) is 0.573. The normalized spacial score (nSPS) is 19.8. The van der Waals surface area contributed by atoms with Crippen molar-refractivity contribution in [3.8, 4) is 5.75 Å². The van der Waals surface area contributed by atoms with Crippen molar-refractivity contribution in [1.29, 1.82) is 0 Å². The number of phenolic OH excluding ortho intramolecular Hbond substituents is 1. The van der Waals surface area contributed by atoms with E-state index < -0.39 is 17.1 Å². The van der Waals surface area contributed by atoms with E-state index in [9.17, 15) is 14.7 Å². The van der Waals surface area contributed by atoms with Gasteiger partial charge in [0.25, 0.3) is 0 Å². The highest BCUT2D eigenvalue weighted by atomic mass is 32.2. The third kappa shape index (κ3) is 3.85. The molecule has 1 fully saturated rings. The monoisotopic (exact) mass is 321 g/mol. The standard InChI is InChI=1S/C14H15N3O4S/c1-7-3-9(10(18)4-8(7)2)6-15-17-14-16-13(21)11(22-14)5-12(19)20/h3-4,6,11,18H,5H2,1-2H3,(H,19,20)(H,16,17,21). The Morgan fingerprint density at radius 1 is 1.41 bits per heavy atom. The smallest absolute Gasteiger partial charge is 0.305 e. The minimum atomic E-state index is -1.04. The number of thioether (sulfide) groups is 1. The molecule has 8 heteroatoms. The summed E-state index contributed by atoms with van der Waals surface area (Å²) in [6, 6.07) is 3.42. The molecule has 7 nitrogen and oxygen atoms in total. The van der Waals surface area contributed by atoms with Crippen LogP contribution < -0.4 is 5.32 Å². The lowest BCUT2D eigenvalue weighted by atomic mass is 10.1. The van der Waals surface area contributed by atoms with E-state index in [0.717, 1.165) is 22.9 Å². The molecule has 1 heterocycles. The number of amidine groups is 1. The number of benzene rings is 1. The lowest BCUT2D eigenvalue weighted by Crippen LogP contribution is -2.26. The van der Waals surface area contributed by atoms with Gasteiger partial charge in [0.2, 0.25) is 5.91 Å². The highest BCUT2D eigenvalue weighted by Crippen LogP contribution is 2.23. The SMILES string of the molecule is Cc1cc(O)c(C=NN=C2NC(=O)C(CC(=O)O)S2)cc1C. The van der Waals surface area contributed by atoms with E-state index in [1.165, 1.54) is 6.21 Å². The van der Waals surface area contributed by atoms with E-state index in [2.05, 4.69) is 15.5 Å². The number of phenols is 1. The van der Waals surface area contributed by atoms with Gasteiger partial charge < -0.3 is 15.5 Å². The van der Waals surface area contributed by atoms with E-state index in [0.29, 0.717) is 5.56 Å². The summed E-state index contributed by atoms with van der Waals surface area (Å²) in [5.74, 6) is -1.34. The van der Waals surface area contributed by atoms with E-state index >= 15 is 0 Å². The maximum Gasteiger partial charge on any atom is 0.305 e. The number of carboxylic acid groups (broad SMARTS) is 1. The van der Waals surface area contributed by atoms with Crippen molar-refractivity contribution in [3.63, 3.8) is 0 Å². The number of aryl methyl sites for hydroxylation is 2. The molecule has 3 N–H and O–H groups in total. The summed E-state index contributed by atoms with van der Waals surface area (Å²) in [5.41, 5.74) is 2.50. The first-order valence-electron chi connectivity index (χ1n) is 6.47. The van der Waals surface area contributed by atoms with Crippen LogP contribution in [0.1, 0.15) is 23.1 Å². The molecule has 0 aromatic heterocycles. The number of hydrogen-bond acceptors (Lipinski definition) is 6. The summed E-state index contributed by atoms with van der Waals surface area (Å²) in [6.45, 7) is 3.81. The maximum absolute atomic E-state index is 11.5. The van der Waals surface area contributed by atoms with Crippen molar-refractivity contribution in [2.24, 2.45) is 10.2 Å². The molecule has 1 aliphatic rings. The number of carbonyl (C=O) groups is 2. The molecule has 0 radical (unpaired) electrons. The van der Waals surface area contributed by atoms with Gasteiger partial charge in [-0.25, -0.2) is 0 Å². The Balaban J connectivity index is 2.08. The molecule has 1 aliphatic heterocycles. The fourth-order valence-electron chi connectivity index (χ4n) is 1.82. The highest BCUT2D eigenvalue weighted by molar-refractivity contribution is 8.15. The van der Waals surface area contributed by atoms with E-state index in [-0.39, 0.29) is 17.3 Å². The zero-order chi connectivity index (χ0) is 16.3. The van der Waals surface area contributed by atoms with Crippen LogP contribution in [0.25, 0.3) is 0 Å². The zero-order valence-corrected chi connectivity index (χ0v) is 12.8. The Hall–Kier alpha value is -2.35. The van der Waals surface area contributed by atoms with Gasteiger partial charge in [-0.3, -0.25) is 9.59 Å². The van der Waals surface area contributed by atoms with Gasteiger partial charge in [0.05, 0.1) is 12.6 Å². The van der Waals surface area contributed by atoms with Crippen molar-refractivity contribution >= 4 is 35.0 Å². The van der Waals surface area contributed by atoms with Gasteiger partial charge in [-0.2, -0.15) is 5.10 Å². The van der Waals surface area contributed by atoms with Gasteiger partial charge in [0.15, 0.2) is 5.17 Å². The van der Waals surface area contributed by atoms with Crippen molar-refractivity contribution in [2.75, 3.05) is 0 Å². The topological polar surface area (TPSA) is 111 Å². The fourth-order valence-corrected chi connectivity index (χ4v) is 2.73. The first-order valence-corrected chi connectivity index (χ1v) is 7.35. The molecule has 1 saturated heterocycles. The molecule has 2 rings (SSSR count). The first-order chi connectivity index (χ1) is 10.4. The van der Waals surface area contributed by atoms with Gasteiger partial charge in [0, 0.05) is 5.56 Å². The summed E-state index contributed by atoms with van der Waals surface area (Å²) in [7, 11) is 0. The number of nitrogens with zero attached hydrogens (tertiary/aromatic N) is 2. The van der Waals surface area contributed by atoms with Crippen LogP contribution in [0.3, 0.4) is 0 Å². The second-order valence-corrected chi connectivity index (χ2v) is 6.03. The van der Waals surface area contributed by atoms with Gasteiger partial charge in [-0.05, 0) is 37.1 Å². The lowest BCUT2D eigenvalue weighted by molar-refractivity contribution is -0.138. The van der Waals surface area contributed by atoms with Gasteiger partial charge >= 0.3 is 5.97 Å². The third-order valence-corrected chi connectivity index (χ3v) is 4.20. The molecule has 0 aliphatic carbocycles. The molecule has 1 unspecified atom stereocenters. The van der Waals surface area contributed by atoms with Crippen LogP contribution in [-0.4, -0.2) is 38.7 Å². The number of nitrogens with one attached hydrogen (secondary N) is 1. The van der Waals surface area contributed by atoms with Crippen molar-refractivity contribution in [2.45, 2.75) is 25.5 Å². The summed E-state index contributed by atoms with van der Waals surface area (Å²) in [5, 5.41) is 28.2. The number of aromatic hydroxyl groups is 1. The second kappa shape index (κ2) is 6.61. The Morgan fingerprint density at radius 2 is 2.09 bits per heavy atom. The average molecular weight is 321 g/mol. The lowest BCUT2D eigenvalue weighted by Gasteiger charge is -2.03. The summed E-state index contributed by atoms with van der Waals surface area (Å²) >= 11 is 1.02. The first kappa shape index (κ1) is 16.0. The average Bonchev–Trinajstić information content (AvgIpc) is 2.75. The zero-order valence-electron chi connectivity index (χ0n) is 12.0. The number of amides is 1. The molecule has 22 heavy (non-hydrogen) atoms. The molecule has 1 aromatic carbocycles. The molecule has 1 aromatic rings. The van der Waals surface area contributed by atoms with Crippen LogP contribution in [0.2, 0.25) is 0 Å². The van der Waals surface area contributed by atoms with E-state index in [1.54, 1.807) is 12.1 Å². The van der Waals surface area contributed by atoms with Crippen molar-refractivity contribution < 1.29 is 19.8 Å². The van der Waals surface area contributed by atoms with Crippen LogP contribution in [0.5, 0.6) is 5.75 Å². The number of carbonyl (C=O) groups excluding carboxylic acids is 1. The van der Waals surface area contributed by atoms with Crippen LogP contribution in [0.15, 0.2) is 22.3 Å². The molecule has 0 bridgehead atoms. The minimum absolute atomic E-state index is 0.0962. The Kier molecular flexibility index (Phi) is 4.81. The predicted octanol–water partition coefficient (Wildman–Crippen LogP) is 1.41. The largest absolute Gasteiger partial charge is 0.507 e. The molecular weight excluding hydrogens is 306 g/mol. The van der Waals surface area contributed by atoms with E-state index in [4.69, 9.17) is 5.11 Å². The number of hydrogen-bond donors (Lipinski definition) is 3. The van der Waals surface area contributed by atoms with E-state index in [1.807, 2.05) is 13.8 Å². The molecule has 1 amide bonds. The van der Waals surface area contributed by atoms with Crippen LogP contribution >= 0.6 is 11.8 Å². The second-order valence-electron chi connectivity index (χ2n) is 4.84.